The summed E-state index contributed by atoms with van der Waals surface area (Å²) in [6.45, 7) is 1.47. The summed E-state index contributed by atoms with van der Waals surface area (Å²) in [6, 6.07) is 15.0. The minimum absolute atomic E-state index is 0.0931. The first-order chi connectivity index (χ1) is 16.5. The second kappa shape index (κ2) is 10.4. The summed E-state index contributed by atoms with van der Waals surface area (Å²) in [5.74, 6) is -3.06. The average molecular weight is 492 g/mol. The van der Waals surface area contributed by atoms with Gasteiger partial charge in [0.15, 0.2) is 0 Å². The van der Waals surface area contributed by atoms with Crippen molar-refractivity contribution in [2.45, 2.75) is 44.3 Å². The Morgan fingerprint density at radius 2 is 1.54 bits per heavy atom. The molecule has 1 aliphatic carbocycles. The third-order valence-corrected chi connectivity index (χ3v) is 6.07. The van der Waals surface area contributed by atoms with Crippen LogP contribution < -0.4 is 5.32 Å². The molecule has 7 nitrogen and oxygen atoms in total. The number of hydrogen-bond acceptors (Lipinski definition) is 4. The fourth-order valence-electron chi connectivity index (χ4n) is 4.22. The third kappa shape index (κ3) is 5.41. The number of hydrogen-bond donors (Lipinski definition) is 2. The molecule has 0 aliphatic heterocycles. The Kier molecular flexibility index (Phi) is 7.72. The fourth-order valence-corrected chi connectivity index (χ4v) is 4.22. The van der Waals surface area contributed by atoms with Crippen molar-refractivity contribution in [3.05, 3.63) is 59.7 Å². The van der Waals surface area contributed by atoms with E-state index in [1.165, 1.54) is 0 Å². The Bertz CT molecular complexity index is 1060. The van der Waals surface area contributed by atoms with E-state index in [4.69, 9.17) is 9.84 Å². The van der Waals surface area contributed by atoms with Crippen LogP contribution in [0.2, 0.25) is 0 Å². The highest BCUT2D eigenvalue weighted by molar-refractivity contribution is 5.91. The van der Waals surface area contributed by atoms with Gasteiger partial charge in [-0.25, -0.2) is 4.79 Å². The van der Waals surface area contributed by atoms with Gasteiger partial charge in [0, 0.05) is 19.0 Å². The number of rotatable bonds is 9. The molecular formula is C25H27F3N2O5. The molecule has 1 atom stereocenters. The van der Waals surface area contributed by atoms with Gasteiger partial charge in [-0.15, -0.1) is 0 Å². The van der Waals surface area contributed by atoms with E-state index < -0.39 is 42.7 Å². The number of fused-ring (bicyclic) bond motifs is 3. The van der Waals surface area contributed by atoms with E-state index in [1.807, 2.05) is 48.5 Å². The van der Waals surface area contributed by atoms with E-state index >= 15 is 0 Å². The van der Waals surface area contributed by atoms with Gasteiger partial charge in [0.1, 0.15) is 6.61 Å². The van der Waals surface area contributed by atoms with Gasteiger partial charge in [0.2, 0.25) is 5.54 Å². The Hall–Kier alpha value is -3.56. The van der Waals surface area contributed by atoms with Crippen molar-refractivity contribution in [3.8, 4) is 11.1 Å². The number of benzene rings is 2. The van der Waals surface area contributed by atoms with Crippen molar-refractivity contribution in [2.75, 3.05) is 19.7 Å². The van der Waals surface area contributed by atoms with Crippen molar-refractivity contribution in [2.24, 2.45) is 0 Å². The maximum Gasteiger partial charge on any atom is 0.420 e. The number of carbonyl (C=O) groups is 3. The second-order valence-electron chi connectivity index (χ2n) is 8.51. The number of alkyl halides is 3. The van der Waals surface area contributed by atoms with Crippen LogP contribution in [0, 0.1) is 0 Å². The van der Waals surface area contributed by atoms with Crippen LogP contribution in [0.5, 0.6) is 0 Å². The number of ether oxygens (including phenoxy) is 1. The normalized spacial score (nSPS) is 14.4. The Morgan fingerprint density at radius 1 is 1.00 bits per heavy atom. The first-order valence-corrected chi connectivity index (χ1v) is 11.2. The summed E-state index contributed by atoms with van der Waals surface area (Å²) in [7, 11) is 0. The zero-order valence-electron chi connectivity index (χ0n) is 19.4. The van der Waals surface area contributed by atoms with Gasteiger partial charge in [-0.3, -0.25) is 14.9 Å². The molecule has 0 aromatic heterocycles. The van der Waals surface area contributed by atoms with Crippen LogP contribution in [0.4, 0.5) is 18.0 Å². The number of carbonyl (C=O) groups excluding carboxylic acids is 2. The van der Waals surface area contributed by atoms with Gasteiger partial charge in [0.25, 0.3) is 5.91 Å². The largest absolute Gasteiger partial charge is 0.481 e. The van der Waals surface area contributed by atoms with Crippen molar-refractivity contribution < 1.29 is 37.4 Å². The van der Waals surface area contributed by atoms with Gasteiger partial charge in [0.05, 0.1) is 6.42 Å². The van der Waals surface area contributed by atoms with Crippen molar-refractivity contribution in [1.82, 2.24) is 10.2 Å². The summed E-state index contributed by atoms with van der Waals surface area (Å²) < 4.78 is 47.3. The molecule has 1 aliphatic rings. The average Bonchev–Trinajstić information content (AvgIpc) is 3.12. The first-order valence-electron chi connectivity index (χ1n) is 11.2. The van der Waals surface area contributed by atoms with Crippen LogP contribution in [0.3, 0.4) is 0 Å². The zero-order chi connectivity index (χ0) is 25.8. The summed E-state index contributed by atoms with van der Waals surface area (Å²) in [5, 5.41) is 10.6. The van der Waals surface area contributed by atoms with Crippen LogP contribution >= 0.6 is 0 Å². The maximum atomic E-state index is 14.0. The molecule has 0 spiro atoms. The molecule has 0 radical (unpaired) electrons. The van der Waals surface area contributed by atoms with Gasteiger partial charge >= 0.3 is 18.2 Å². The van der Waals surface area contributed by atoms with Gasteiger partial charge < -0.3 is 14.7 Å². The molecule has 2 aromatic rings. The van der Waals surface area contributed by atoms with Crippen molar-refractivity contribution in [3.63, 3.8) is 0 Å². The number of carboxylic acids is 1. The molecule has 0 fully saturated rings. The van der Waals surface area contributed by atoms with Crippen LogP contribution in [0.15, 0.2) is 48.5 Å². The topological polar surface area (TPSA) is 95.9 Å². The molecule has 2 amide bonds. The number of aliphatic carboxylic acids is 1. The first kappa shape index (κ1) is 26.1. The molecule has 3 rings (SSSR count). The van der Waals surface area contributed by atoms with Gasteiger partial charge in [-0.1, -0.05) is 55.5 Å². The Balaban J connectivity index is 1.77. The van der Waals surface area contributed by atoms with E-state index in [-0.39, 0.29) is 19.1 Å². The van der Waals surface area contributed by atoms with E-state index in [2.05, 4.69) is 0 Å². The lowest BCUT2D eigenvalue weighted by atomic mass is 9.98. The number of alkyl carbamates (subject to hydrolysis) is 1. The maximum absolute atomic E-state index is 14.0. The highest BCUT2D eigenvalue weighted by Crippen LogP contribution is 2.44. The van der Waals surface area contributed by atoms with Crippen molar-refractivity contribution >= 4 is 18.0 Å². The number of amides is 2. The minimum Gasteiger partial charge on any atom is -0.481 e. The number of nitrogens with zero attached hydrogens (tertiary/aromatic N) is 1. The summed E-state index contributed by atoms with van der Waals surface area (Å²) >= 11 is 0. The summed E-state index contributed by atoms with van der Waals surface area (Å²) in [4.78, 5) is 37.1. The Labute approximate surface area is 200 Å². The highest BCUT2D eigenvalue weighted by atomic mass is 19.4. The molecular weight excluding hydrogens is 465 g/mol. The molecule has 0 saturated heterocycles. The minimum atomic E-state index is -5.15. The van der Waals surface area contributed by atoms with Crippen LogP contribution in [-0.4, -0.2) is 59.4 Å². The second-order valence-corrected chi connectivity index (χ2v) is 8.51. The van der Waals surface area contributed by atoms with E-state index in [1.54, 1.807) is 12.2 Å². The van der Waals surface area contributed by atoms with E-state index in [9.17, 15) is 27.6 Å². The molecule has 2 aromatic carbocycles. The van der Waals surface area contributed by atoms with Crippen LogP contribution in [-0.2, 0) is 14.3 Å². The van der Waals surface area contributed by atoms with Crippen molar-refractivity contribution in [1.29, 1.82) is 0 Å². The third-order valence-electron chi connectivity index (χ3n) is 6.07. The summed E-state index contributed by atoms with van der Waals surface area (Å²) in [6.07, 6.45) is -6.76. The number of halogens is 3. The molecule has 0 bridgehead atoms. The summed E-state index contributed by atoms with van der Waals surface area (Å²) in [5.41, 5.74) is 0.406. The van der Waals surface area contributed by atoms with Gasteiger partial charge in [-0.05, 0) is 35.6 Å². The Morgan fingerprint density at radius 3 is 2.03 bits per heavy atom. The SMILES string of the molecule is CCCN(CCC(=O)O)C(=O)C(C)(NC(=O)OCC1c2ccccc2-c2ccccc21)C(F)(F)F. The van der Waals surface area contributed by atoms with Crippen LogP contribution in [0.25, 0.3) is 11.1 Å². The zero-order valence-corrected chi connectivity index (χ0v) is 19.4. The fraction of sp³-hybridized carbons (Fsp3) is 0.400. The lowest BCUT2D eigenvalue weighted by Gasteiger charge is -2.36. The lowest BCUT2D eigenvalue weighted by Crippen LogP contribution is -2.66. The predicted molar refractivity (Wildman–Crippen MR) is 122 cm³/mol. The van der Waals surface area contributed by atoms with Gasteiger partial charge in [-0.2, -0.15) is 13.2 Å². The lowest BCUT2D eigenvalue weighted by molar-refractivity contribution is -0.200. The van der Waals surface area contributed by atoms with E-state index in [0.717, 1.165) is 27.2 Å². The number of carboxylic acid groups (broad SMARTS) is 1. The monoisotopic (exact) mass is 492 g/mol. The molecule has 35 heavy (non-hydrogen) atoms. The smallest absolute Gasteiger partial charge is 0.420 e. The molecule has 10 heteroatoms. The van der Waals surface area contributed by atoms with E-state index in [0.29, 0.717) is 13.3 Å². The molecule has 1 unspecified atom stereocenters. The highest BCUT2D eigenvalue weighted by Gasteiger charge is 2.59. The standard InChI is InChI=1S/C25H27F3N2O5/c1-3-13-30(14-12-21(31)32)22(33)24(2,25(26,27)28)29-23(34)35-15-20-18-10-6-4-8-16(18)17-9-5-7-11-19(17)20/h4-11,20H,3,12-15H2,1-2H3,(H,29,34)(H,31,32). The molecule has 0 saturated carbocycles. The molecule has 0 heterocycles. The van der Waals surface area contributed by atoms with Crippen LogP contribution in [0.1, 0.15) is 43.7 Å². The predicted octanol–water partition coefficient (Wildman–Crippen LogP) is 4.56. The molecule has 2 N–H and O–H groups in total. The number of nitrogens with one attached hydrogen (secondary N) is 1. The quantitative estimate of drug-likeness (QED) is 0.535. The molecule has 188 valence electrons.